The molecule has 1 aliphatic rings. The van der Waals surface area contributed by atoms with Gasteiger partial charge >= 0.3 is 0 Å². The first kappa shape index (κ1) is 13.1. The number of anilines is 1. The summed E-state index contributed by atoms with van der Waals surface area (Å²) in [5.41, 5.74) is 10.7. The van der Waals surface area contributed by atoms with Crippen molar-refractivity contribution in [2.75, 3.05) is 11.4 Å². The van der Waals surface area contributed by atoms with Crippen LogP contribution in [0.3, 0.4) is 0 Å². The fourth-order valence-corrected chi connectivity index (χ4v) is 2.95. The molecule has 0 radical (unpaired) electrons. The van der Waals surface area contributed by atoms with Gasteiger partial charge in [-0.1, -0.05) is 48.6 Å². The largest absolute Gasteiger partial charge is 0.389 e. The van der Waals surface area contributed by atoms with E-state index in [1.165, 1.54) is 29.7 Å². The van der Waals surface area contributed by atoms with E-state index in [4.69, 9.17) is 18.0 Å². The summed E-state index contributed by atoms with van der Waals surface area (Å²) in [6, 6.07) is 16.9. The number of thiocarbonyl (C=S) groups is 1. The molecule has 0 saturated carbocycles. The predicted molar refractivity (Wildman–Crippen MR) is 88.1 cm³/mol. The van der Waals surface area contributed by atoms with Gasteiger partial charge in [-0.25, -0.2) is 0 Å². The maximum Gasteiger partial charge on any atom is 0.103 e. The second kappa shape index (κ2) is 5.63. The zero-order chi connectivity index (χ0) is 13.9. The molecule has 0 aliphatic carbocycles. The highest BCUT2D eigenvalue weighted by Gasteiger charge is 2.16. The Morgan fingerprint density at radius 3 is 2.85 bits per heavy atom. The van der Waals surface area contributed by atoms with Gasteiger partial charge in [0.1, 0.15) is 4.99 Å². The minimum absolute atomic E-state index is 0.464. The van der Waals surface area contributed by atoms with Crippen molar-refractivity contribution in [3.63, 3.8) is 0 Å². The van der Waals surface area contributed by atoms with Crippen molar-refractivity contribution in [3.05, 3.63) is 65.2 Å². The van der Waals surface area contributed by atoms with Crippen molar-refractivity contribution >= 4 is 22.9 Å². The molecule has 0 atom stereocenters. The van der Waals surface area contributed by atoms with Gasteiger partial charge in [0.2, 0.25) is 0 Å². The Morgan fingerprint density at radius 1 is 1.15 bits per heavy atom. The van der Waals surface area contributed by atoms with E-state index in [0.717, 1.165) is 18.7 Å². The van der Waals surface area contributed by atoms with Crippen LogP contribution in [0.15, 0.2) is 48.5 Å². The van der Waals surface area contributed by atoms with Gasteiger partial charge in [0.25, 0.3) is 0 Å². The van der Waals surface area contributed by atoms with Gasteiger partial charge in [-0.2, -0.15) is 0 Å². The van der Waals surface area contributed by atoms with Crippen LogP contribution in [0.1, 0.15) is 23.1 Å². The van der Waals surface area contributed by atoms with Crippen molar-refractivity contribution in [2.45, 2.75) is 19.4 Å². The highest BCUT2D eigenvalue weighted by Crippen LogP contribution is 2.28. The van der Waals surface area contributed by atoms with Crippen LogP contribution < -0.4 is 10.6 Å². The maximum absolute atomic E-state index is 5.71. The van der Waals surface area contributed by atoms with Gasteiger partial charge in [0, 0.05) is 24.3 Å². The lowest BCUT2D eigenvalue weighted by molar-refractivity contribution is 0.691. The zero-order valence-electron chi connectivity index (χ0n) is 11.4. The molecule has 1 aliphatic heterocycles. The number of hydrogen-bond acceptors (Lipinski definition) is 2. The first-order valence-electron chi connectivity index (χ1n) is 6.95. The standard InChI is InChI=1S/C17H18N2S/c18-17(20)15-7-3-5-13(11-15)12-19-10-4-8-14-6-1-2-9-16(14)19/h1-3,5-7,9,11H,4,8,10,12H2,(H2,18,20). The molecule has 2 nitrogen and oxygen atoms in total. The highest BCUT2D eigenvalue weighted by atomic mass is 32.1. The van der Waals surface area contributed by atoms with E-state index in [-0.39, 0.29) is 0 Å². The normalized spacial score (nSPS) is 13.9. The van der Waals surface area contributed by atoms with Crippen molar-refractivity contribution in [3.8, 4) is 0 Å². The van der Waals surface area contributed by atoms with Gasteiger partial charge in [0.15, 0.2) is 0 Å². The maximum atomic E-state index is 5.71. The molecular formula is C17H18N2S. The lowest BCUT2D eigenvalue weighted by Gasteiger charge is -2.31. The predicted octanol–water partition coefficient (Wildman–Crippen LogP) is 3.27. The molecule has 2 aromatic rings. The third-order valence-corrected chi connectivity index (χ3v) is 4.03. The molecule has 2 N–H and O–H groups in total. The van der Waals surface area contributed by atoms with Crippen molar-refractivity contribution in [1.82, 2.24) is 0 Å². The number of nitrogens with two attached hydrogens (primary N) is 1. The molecule has 0 fully saturated rings. The summed E-state index contributed by atoms with van der Waals surface area (Å²) in [5.74, 6) is 0. The number of nitrogens with zero attached hydrogens (tertiary/aromatic N) is 1. The molecular weight excluding hydrogens is 264 g/mol. The van der Waals surface area contributed by atoms with E-state index in [2.05, 4.69) is 41.3 Å². The van der Waals surface area contributed by atoms with E-state index >= 15 is 0 Å². The SMILES string of the molecule is NC(=S)c1cccc(CN2CCCc3ccccc32)c1. The highest BCUT2D eigenvalue weighted by molar-refractivity contribution is 7.80. The van der Waals surface area contributed by atoms with Crippen molar-refractivity contribution < 1.29 is 0 Å². The molecule has 3 rings (SSSR count). The molecule has 0 amide bonds. The minimum Gasteiger partial charge on any atom is -0.389 e. The Kier molecular flexibility index (Phi) is 3.70. The van der Waals surface area contributed by atoms with E-state index in [1.807, 2.05) is 12.1 Å². The lowest BCUT2D eigenvalue weighted by atomic mass is 10.0. The van der Waals surface area contributed by atoms with Crippen LogP contribution in [-0.4, -0.2) is 11.5 Å². The number of fused-ring (bicyclic) bond motifs is 1. The molecule has 0 spiro atoms. The Morgan fingerprint density at radius 2 is 2.00 bits per heavy atom. The van der Waals surface area contributed by atoms with Crippen LogP contribution in [-0.2, 0) is 13.0 Å². The molecule has 2 aromatic carbocycles. The molecule has 1 heterocycles. The quantitative estimate of drug-likeness (QED) is 0.876. The summed E-state index contributed by atoms with van der Waals surface area (Å²) >= 11 is 5.05. The fourth-order valence-electron chi connectivity index (χ4n) is 2.82. The number of rotatable bonds is 3. The molecule has 0 saturated heterocycles. The molecule has 20 heavy (non-hydrogen) atoms. The van der Waals surface area contributed by atoms with Gasteiger partial charge in [-0.05, 0) is 36.1 Å². The lowest BCUT2D eigenvalue weighted by Crippen LogP contribution is -2.28. The van der Waals surface area contributed by atoms with Gasteiger partial charge in [-0.3, -0.25) is 0 Å². The minimum atomic E-state index is 0.464. The van der Waals surface area contributed by atoms with E-state index in [9.17, 15) is 0 Å². The monoisotopic (exact) mass is 282 g/mol. The summed E-state index contributed by atoms with van der Waals surface area (Å²) in [6.07, 6.45) is 2.39. The first-order valence-corrected chi connectivity index (χ1v) is 7.36. The Labute approximate surface area is 125 Å². The zero-order valence-corrected chi connectivity index (χ0v) is 12.2. The fraction of sp³-hybridized carbons (Fsp3) is 0.235. The average Bonchev–Trinajstić information content (AvgIpc) is 2.48. The average molecular weight is 282 g/mol. The smallest absolute Gasteiger partial charge is 0.103 e. The van der Waals surface area contributed by atoms with Gasteiger partial charge < -0.3 is 10.6 Å². The number of benzene rings is 2. The van der Waals surface area contributed by atoms with Gasteiger partial charge in [0.05, 0.1) is 0 Å². The molecule has 0 aromatic heterocycles. The first-order chi connectivity index (χ1) is 9.74. The topological polar surface area (TPSA) is 29.3 Å². The number of hydrogen-bond donors (Lipinski definition) is 1. The van der Waals surface area contributed by atoms with Crippen molar-refractivity contribution in [2.24, 2.45) is 5.73 Å². The Balaban J connectivity index is 1.85. The van der Waals surface area contributed by atoms with Crippen LogP contribution in [0.25, 0.3) is 0 Å². The van der Waals surface area contributed by atoms with Crippen LogP contribution in [0.5, 0.6) is 0 Å². The molecule has 102 valence electrons. The van der Waals surface area contributed by atoms with Crippen LogP contribution in [0.2, 0.25) is 0 Å². The summed E-state index contributed by atoms with van der Waals surface area (Å²) in [4.78, 5) is 2.91. The third kappa shape index (κ3) is 2.68. The summed E-state index contributed by atoms with van der Waals surface area (Å²) in [5, 5.41) is 0. The second-order valence-corrected chi connectivity index (χ2v) is 5.66. The molecule has 0 unspecified atom stereocenters. The number of para-hydroxylation sites is 1. The molecule has 0 bridgehead atoms. The third-order valence-electron chi connectivity index (χ3n) is 3.79. The van der Waals surface area contributed by atoms with E-state index < -0.39 is 0 Å². The second-order valence-electron chi connectivity index (χ2n) is 5.22. The van der Waals surface area contributed by atoms with E-state index in [1.54, 1.807) is 0 Å². The summed E-state index contributed by atoms with van der Waals surface area (Å²) in [7, 11) is 0. The van der Waals surface area contributed by atoms with Gasteiger partial charge in [-0.15, -0.1) is 0 Å². The van der Waals surface area contributed by atoms with Crippen LogP contribution >= 0.6 is 12.2 Å². The Bertz CT molecular complexity index is 636. The van der Waals surface area contributed by atoms with E-state index in [0.29, 0.717) is 4.99 Å². The van der Waals surface area contributed by atoms with Crippen LogP contribution in [0, 0.1) is 0 Å². The Hall–Kier alpha value is -1.87. The molecule has 3 heteroatoms. The van der Waals surface area contributed by atoms with Crippen LogP contribution in [0.4, 0.5) is 5.69 Å². The summed E-state index contributed by atoms with van der Waals surface area (Å²) < 4.78 is 0. The van der Waals surface area contributed by atoms with Crippen molar-refractivity contribution in [1.29, 1.82) is 0 Å². The summed E-state index contributed by atoms with van der Waals surface area (Å²) in [6.45, 7) is 2.02. The number of aryl methyl sites for hydroxylation is 1.